The number of amides is 1. The molecule has 3 nitrogen and oxygen atoms in total. The lowest BCUT2D eigenvalue weighted by Gasteiger charge is -2.33. The van der Waals surface area contributed by atoms with Crippen molar-refractivity contribution >= 4 is 23.2 Å². The molecule has 27 heavy (non-hydrogen) atoms. The van der Waals surface area contributed by atoms with E-state index in [0.717, 1.165) is 0 Å². The van der Waals surface area contributed by atoms with Crippen molar-refractivity contribution < 1.29 is 18.0 Å². The molecule has 0 spiro atoms. The highest BCUT2D eigenvalue weighted by atomic mass is 35.5. The van der Waals surface area contributed by atoms with Gasteiger partial charge in [0, 0.05) is 22.8 Å². The van der Waals surface area contributed by atoms with Crippen LogP contribution in [0.4, 0.5) is 18.9 Å². The Morgan fingerprint density at radius 3 is 2.52 bits per heavy atom. The number of benzene rings is 1. The Morgan fingerprint density at radius 1 is 1.15 bits per heavy atom. The van der Waals surface area contributed by atoms with Crippen molar-refractivity contribution in [2.75, 3.05) is 4.90 Å². The minimum Gasteiger partial charge on any atom is -0.306 e. The zero-order valence-corrected chi connectivity index (χ0v) is 15.4. The zero-order chi connectivity index (χ0) is 19.4. The Bertz CT molecular complexity index is 765. The summed E-state index contributed by atoms with van der Waals surface area (Å²) in [5.41, 5.74) is 1.27. The Hall–Kier alpha value is -2.08. The maximum Gasteiger partial charge on any atom is 0.391 e. The molecule has 3 rings (SSSR count). The molecule has 0 radical (unpaired) electrons. The number of nitrogens with zero attached hydrogens (tertiary/aromatic N) is 2. The van der Waals surface area contributed by atoms with Gasteiger partial charge in [-0.05, 0) is 55.7 Å². The normalized spacial score (nSPS) is 20.3. The Balaban J connectivity index is 1.85. The molecule has 0 bridgehead atoms. The van der Waals surface area contributed by atoms with Gasteiger partial charge in [0.05, 0.1) is 18.2 Å². The molecule has 1 aliphatic carbocycles. The molecule has 1 amide bonds. The Labute approximate surface area is 161 Å². The van der Waals surface area contributed by atoms with Crippen LogP contribution < -0.4 is 4.90 Å². The number of halogens is 4. The number of hydrogen-bond acceptors (Lipinski definition) is 2. The quantitative estimate of drug-likeness (QED) is 0.670. The number of alkyl halides is 3. The Kier molecular flexibility index (Phi) is 6.05. The maximum atomic E-state index is 13.2. The van der Waals surface area contributed by atoms with Crippen LogP contribution in [0.25, 0.3) is 0 Å². The molecular formula is C20H20ClF3N2O. The predicted octanol–water partition coefficient (Wildman–Crippen LogP) is 5.64. The minimum atomic E-state index is -4.26. The first-order valence-corrected chi connectivity index (χ1v) is 9.26. The summed E-state index contributed by atoms with van der Waals surface area (Å²) in [5.74, 6) is -2.36. The van der Waals surface area contributed by atoms with Crippen LogP contribution in [0.1, 0.15) is 31.4 Å². The van der Waals surface area contributed by atoms with Crippen molar-refractivity contribution in [2.24, 2.45) is 11.8 Å². The highest BCUT2D eigenvalue weighted by Crippen LogP contribution is 2.41. The van der Waals surface area contributed by atoms with Gasteiger partial charge < -0.3 is 4.90 Å². The predicted molar refractivity (Wildman–Crippen MR) is 98.4 cm³/mol. The lowest BCUT2D eigenvalue weighted by molar-refractivity contribution is -0.186. The summed E-state index contributed by atoms with van der Waals surface area (Å²) in [7, 11) is 0. The second-order valence-corrected chi connectivity index (χ2v) is 7.26. The summed E-state index contributed by atoms with van der Waals surface area (Å²) in [4.78, 5) is 18.9. The molecule has 1 heterocycles. The van der Waals surface area contributed by atoms with E-state index in [2.05, 4.69) is 4.98 Å². The van der Waals surface area contributed by atoms with Crippen molar-refractivity contribution in [2.45, 2.75) is 38.4 Å². The van der Waals surface area contributed by atoms with Gasteiger partial charge in [-0.25, -0.2) is 0 Å². The fraction of sp³-hybridized carbons (Fsp3) is 0.400. The van der Waals surface area contributed by atoms with Gasteiger partial charge in [-0.15, -0.1) is 0 Å². The molecule has 144 valence electrons. The van der Waals surface area contributed by atoms with E-state index >= 15 is 0 Å². The first-order valence-electron chi connectivity index (χ1n) is 8.88. The highest BCUT2D eigenvalue weighted by molar-refractivity contribution is 6.30. The lowest BCUT2D eigenvalue weighted by atomic mass is 9.80. The summed E-state index contributed by atoms with van der Waals surface area (Å²) in [6, 6.07) is 12.1. The molecular weight excluding hydrogens is 377 g/mol. The number of aromatic nitrogens is 1. The second kappa shape index (κ2) is 8.30. The summed E-state index contributed by atoms with van der Waals surface area (Å²) < 4.78 is 39.4. The second-order valence-electron chi connectivity index (χ2n) is 6.82. The molecule has 1 aromatic heterocycles. The van der Waals surface area contributed by atoms with Gasteiger partial charge in [-0.2, -0.15) is 13.2 Å². The SMILES string of the molecule is O=C(C1CCCC(C(F)(F)F)C1)N(Cc1ccccn1)c1ccc(Cl)cc1. The van der Waals surface area contributed by atoms with Gasteiger partial charge in [0.15, 0.2) is 0 Å². The summed E-state index contributed by atoms with van der Waals surface area (Å²) in [6.45, 7) is 0.203. The van der Waals surface area contributed by atoms with Crippen LogP contribution in [0.15, 0.2) is 48.7 Å². The van der Waals surface area contributed by atoms with Crippen molar-refractivity contribution in [3.8, 4) is 0 Å². The zero-order valence-electron chi connectivity index (χ0n) is 14.6. The topological polar surface area (TPSA) is 33.2 Å². The number of anilines is 1. The van der Waals surface area contributed by atoms with Crippen LogP contribution in [0.2, 0.25) is 5.02 Å². The average molecular weight is 397 g/mol. The number of carbonyl (C=O) groups is 1. The van der Waals surface area contributed by atoms with E-state index in [-0.39, 0.29) is 25.3 Å². The standard InChI is InChI=1S/C20H20ClF3N2O/c21-16-7-9-18(10-8-16)26(13-17-6-1-2-11-25-17)19(27)14-4-3-5-15(12-14)20(22,23)24/h1-2,6-11,14-15H,3-5,12-13H2. The van der Waals surface area contributed by atoms with Gasteiger partial charge >= 0.3 is 6.18 Å². The monoisotopic (exact) mass is 396 g/mol. The third-order valence-electron chi connectivity index (χ3n) is 4.94. The van der Waals surface area contributed by atoms with E-state index in [1.165, 1.54) is 4.90 Å². The fourth-order valence-corrected chi connectivity index (χ4v) is 3.63. The number of hydrogen-bond donors (Lipinski definition) is 0. The Morgan fingerprint density at radius 2 is 1.89 bits per heavy atom. The lowest BCUT2D eigenvalue weighted by Crippen LogP contribution is -2.40. The average Bonchev–Trinajstić information content (AvgIpc) is 2.67. The molecule has 2 aromatic rings. The molecule has 1 fully saturated rings. The molecule has 7 heteroatoms. The van der Waals surface area contributed by atoms with E-state index in [1.807, 2.05) is 6.07 Å². The molecule has 1 aromatic carbocycles. The molecule has 2 atom stereocenters. The fourth-order valence-electron chi connectivity index (χ4n) is 3.50. The molecule has 0 aliphatic heterocycles. The van der Waals surface area contributed by atoms with E-state index in [4.69, 9.17) is 11.6 Å². The van der Waals surface area contributed by atoms with Gasteiger partial charge in [0.25, 0.3) is 0 Å². The summed E-state index contributed by atoms with van der Waals surface area (Å²) in [5, 5.41) is 0.527. The molecule has 1 saturated carbocycles. The van der Waals surface area contributed by atoms with Gasteiger partial charge in [-0.3, -0.25) is 9.78 Å². The van der Waals surface area contributed by atoms with Gasteiger partial charge in [0.2, 0.25) is 5.91 Å². The maximum absolute atomic E-state index is 13.2. The van der Waals surface area contributed by atoms with Crippen LogP contribution in [0, 0.1) is 11.8 Å². The van der Waals surface area contributed by atoms with Crippen LogP contribution >= 0.6 is 11.6 Å². The molecule has 1 aliphatic rings. The summed E-state index contributed by atoms with van der Waals surface area (Å²) >= 11 is 5.93. The number of pyridine rings is 1. The molecule has 0 N–H and O–H groups in total. The van der Waals surface area contributed by atoms with Crippen molar-refractivity contribution in [3.63, 3.8) is 0 Å². The summed E-state index contributed by atoms with van der Waals surface area (Å²) in [6.07, 6.45) is -1.83. The first kappa shape index (κ1) is 19.7. The van der Waals surface area contributed by atoms with E-state index in [0.29, 0.717) is 29.2 Å². The van der Waals surface area contributed by atoms with Crippen molar-refractivity contribution in [1.82, 2.24) is 4.98 Å². The van der Waals surface area contributed by atoms with E-state index in [9.17, 15) is 18.0 Å². The largest absolute Gasteiger partial charge is 0.391 e. The van der Waals surface area contributed by atoms with Gasteiger partial charge in [0.1, 0.15) is 0 Å². The van der Waals surface area contributed by atoms with Crippen LogP contribution in [0.3, 0.4) is 0 Å². The van der Waals surface area contributed by atoms with Crippen molar-refractivity contribution in [3.05, 3.63) is 59.4 Å². The molecule has 0 saturated heterocycles. The highest BCUT2D eigenvalue weighted by Gasteiger charge is 2.44. The van der Waals surface area contributed by atoms with Crippen LogP contribution in [-0.4, -0.2) is 17.1 Å². The van der Waals surface area contributed by atoms with Gasteiger partial charge in [-0.1, -0.05) is 24.1 Å². The third-order valence-corrected chi connectivity index (χ3v) is 5.19. The number of carbonyl (C=O) groups excluding carboxylic acids is 1. The van der Waals surface area contributed by atoms with Crippen LogP contribution in [0.5, 0.6) is 0 Å². The first-order chi connectivity index (χ1) is 12.8. The smallest absolute Gasteiger partial charge is 0.306 e. The minimum absolute atomic E-state index is 0.0917. The van der Waals surface area contributed by atoms with Crippen molar-refractivity contribution in [1.29, 1.82) is 0 Å². The third kappa shape index (κ3) is 5.01. The van der Waals surface area contributed by atoms with E-state index in [1.54, 1.807) is 42.6 Å². The number of rotatable bonds is 4. The van der Waals surface area contributed by atoms with Crippen LogP contribution in [-0.2, 0) is 11.3 Å². The van der Waals surface area contributed by atoms with E-state index < -0.39 is 18.0 Å². The molecule has 2 unspecified atom stereocenters.